The summed E-state index contributed by atoms with van der Waals surface area (Å²) < 4.78 is 9.95. The molecule has 1 aliphatic rings. The summed E-state index contributed by atoms with van der Waals surface area (Å²) in [4.78, 5) is 10.6. The smallest absolute Gasteiger partial charge is 0.229 e. The first kappa shape index (κ1) is 7.98. The van der Waals surface area contributed by atoms with Gasteiger partial charge in [-0.05, 0) is 11.6 Å². The highest BCUT2D eigenvalue weighted by Gasteiger charge is 2.32. The number of carbonyl (C=O) groups is 1. The van der Waals surface area contributed by atoms with Gasteiger partial charge in [0, 0.05) is 7.11 Å². The Morgan fingerprint density at radius 3 is 2.80 bits per heavy atom. The number of carbonyl (C=O) groups excluding carboxylic acids is 1. The molecule has 1 rings (SSSR count). The molecular formula is C6H9ClO3. The van der Waals surface area contributed by atoms with Gasteiger partial charge >= 0.3 is 0 Å². The first-order valence-corrected chi connectivity index (χ1v) is 3.43. The summed E-state index contributed by atoms with van der Waals surface area (Å²) in [6, 6.07) is 0. The number of hydrogen-bond acceptors (Lipinski definition) is 3. The molecule has 2 atom stereocenters. The molecular weight excluding hydrogens is 156 g/mol. The van der Waals surface area contributed by atoms with Crippen molar-refractivity contribution >= 4 is 16.8 Å². The molecule has 0 saturated carbocycles. The van der Waals surface area contributed by atoms with Crippen LogP contribution in [0.25, 0.3) is 0 Å². The lowest BCUT2D eigenvalue weighted by atomic mass is 10.1. The Balaban J connectivity index is 2.50. The molecule has 0 aromatic carbocycles. The molecule has 4 heteroatoms. The fraction of sp³-hybridized carbons (Fsp3) is 0.833. The molecule has 3 nitrogen and oxygen atoms in total. The van der Waals surface area contributed by atoms with Crippen LogP contribution in [0.4, 0.5) is 0 Å². The van der Waals surface area contributed by atoms with E-state index in [2.05, 4.69) is 0 Å². The topological polar surface area (TPSA) is 35.5 Å². The lowest BCUT2D eigenvalue weighted by Crippen LogP contribution is -2.25. The molecule has 10 heavy (non-hydrogen) atoms. The van der Waals surface area contributed by atoms with E-state index in [0.717, 1.165) is 0 Å². The molecule has 1 aliphatic heterocycles. The minimum atomic E-state index is -0.371. The zero-order valence-electron chi connectivity index (χ0n) is 5.67. The van der Waals surface area contributed by atoms with E-state index in [4.69, 9.17) is 21.1 Å². The van der Waals surface area contributed by atoms with Crippen LogP contribution in [0.3, 0.4) is 0 Å². The van der Waals surface area contributed by atoms with Crippen LogP contribution in [-0.4, -0.2) is 31.7 Å². The number of rotatable bonds is 2. The Morgan fingerprint density at radius 1 is 1.70 bits per heavy atom. The summed E-state index contributed by atoms with van der Waals surface area (Å²) in [5.41, 5.74) is 0. The van der Waals surface area contributed by atoms with Crippen molar-refractivity contribution in [3.63, 3.8) is 0 Å². The zero-order chi connectivity index (χ0) is 7.56. The highest BCUT2D eigenvalue weighted by Crippen LogP contribution is 2.18. The molecule has 0 aromatic heterocycles. The van der Waals surface area contributed by atoms with E-state index >= 15 is 0 Å². The highest BCUT2D eigenvalue weighted by atomic mass is 35.5. The van der Waals surface area contributed by atoms with Gasteiger partial charge in [0.15, 0.2) is 0 Å². The van der Waals surface area contributed by atoms with Gasteiger partial charge in [0.25, 0.3) is 0 Å². The lowest BCUT2D eigenvalue weighted by molar-refractivity contribution is -0.117. The van der Waals surface area contributed by atoms with Crippen molar-refractivity contribution in [1.82, 2.24) is 0 Å². The van der Waals surface area contributed by atoms with E-state index < -0.39 is 0 Å². The number of methoxy groups -OCH3 is 1. The molecule has 0 unspecified atom stereocenters. The maximum atomic E-state index is 10.6. The summed E-state index contributed by atoms with van der Waals surface area (Å²) >= 11 is 5.26. The van der Waals surface area contributed by atoms with Crippen LogP contribution in [0.1, 0.15) is 0 Å². The van der Waals surface area contributed by atoms with Gasteiger partial charge in [-0.1, -0.05) is 0 Å². The Labute approximate surface area is 64.3 Å². The summed E-state index contributed by atoms with van der Waals surface area (Å²) in [6.45, 7) is 0.862. The summed E-state index contributed by atoms with van der Waals surface area (Å²) in [5, 5.41) is -0.371. The van der Waals surface area contributed by atoms with E-state index in [1.807, 2.05) is 0 Å². The third-order valence-electron chi connectivity index (χ3n) is 1.62. The maximum Gasteiger partial charge on any atom is 0.229 e. The quantitative estimate of drug-likeness (QED) is 0.555. The van der Waals surface area contributed by atoms with Crippen molar-refractivity contribution in [2.24, 2.45) is 5.92 Å². The van der Waals surface area contributed by atoms with Crippen molar-refractivity contribution in [3.8, 4) is 0 Å². The van der Waals surface area contributed by atoms with Gasteiger partial charge < -0.3 is 9.47 Å². The molecule has 0 radical (unpaired) electrons. The Bertz CT molecular complexity index is 137. The van der Waals surface area contributed by atoms with Gasteiger partial charge in [-0.2, -0.15) is 0 Å². The van der Waals surface area contributed by atoms with Crippen LogP contribution in [0, 0.1) is 5.92 Å². The van der Waals surface area contributed by atoms with Crippen LogP contribution in [-0.2, 0) is 14.3 Å². The number of halogens is 1. The molecule has 0 aromatic rings. The predicted molar refractivity (Wildman–Crippen MR) is 36.0 cm³/mol. The Kier molecular flexibility index (Phi) is 2.65. The minimum absolute atomic E-state index is 0.148. The first-order chi connectivity index (χ1) is 4.75. The fourth-order valence-corrected chi connectivity index (χ4v) is 1.18. The summed E-state index contributed by atoms with van der Waals surface area (Å²) in [7, 11) is 1.55. The molecule has 0 aliphatic carbocycles. The van der Waals surface area contributed by atoms with Crippen molar-refractivity contribution in [2.45, 2.75) is 6.10 Å². The largest absolute Gasteiger partial charge is 0.378 e. The maximum absolute atomic E-state index is 10.6. The molecule has 0 amide bonds. The van der Waals surface area contributed by atoms with Gasteiger partial charge in [0.1, 0.15) is 0 Å². The predicted octanol–water partition coefficient (Wildman–Crippen LogP) is 0.413. The van der Waals surface area contributed by atoms with Crippen LogP contribution in [0.15, 0.2) is 0 Å². The van der Waals surface area contributed by atoms with Crippen LogP contribution in [0.2, 0.25) is 0 Å². The third-order valence-corrected chi connectivity index (χ3v) is 1.90. The monoisotopic (exact) mass is 164 g/mol. The van der Waals surface area contributed by atoms with Crippen LogP contribution >= 0.6 is 11.6 Å². The van der Waals surface area contributed by atoms with Crippen molar-refractivity contribution in [1.29, 1.82) is 0 Å². The third kappa shape index (κ3) is 1.48. The molecule has 1 heterocycles. The van der Waals surface area contributed by atoms with E-state index in [9.17, 15) is 4.79 Å². The second kappa shape index (κ2) is 3.32. The molecule has 0 spiro atoms. The molecule has 58 valence electrons. The summed E-state index contributed by atoms with van der Waals surface area (Å²) in [5.74, 6) is -0.272. The normalized spacial score (nSPS) is 32.6. The van der Waals surface area contributed by atoms with Gasteiger partial charge in [-0.25, -0.2) is 0 Å². The zero-order valence-corrected chi connectivity index (χ0v) is 6.43. The van der Waals surface area contributed by atoms with E-state index in [1.54, 1.807) is 7.11 Å². The van der Waals surface area contributed by atoms with Gasteiger partial charge in [0.2, 0.25) is 5.24 Å². The number of ether oxygens (including phenoxy) is 2. The van der Waals surface area contributed by atoms with Crippen LogP contribution in [0.5, 0.6) is 0 Å². The standard InChI is InChI=1S/C6H9ClO3/c1-9-5-3-10-2-4(5)6(7)8/h4-5H,2-3H2,1H3/t4-,5+/m1/s1. The van der Waals surface area contributed by atoms with Crippen molar-refractivity contribution in [2.75, 3.05) is 20.3 Å². The van der Waals surface area contributed by atoms with Gasteiger partial charge in [0.05, 0.1) is 25.2 Å². The number of hydrogen-bond donors (Lipinski definition) is 0. The average molecular weight is 165 g/mol. The Hall–Kier alpha value is -0.120. The van der Waals surface area contributed by atoms with E-state index in [-0.39, 0.29) is 17.3 Å². The summed E-state index contributed by atoms with van der Waals surface area (Å²) in [6.07, 6.45) is -0.148. The molecule has 1 saturated heterocycles. The molecule has 0 bridgehead atoms. The van der Waals surface area contributed by atoms with Crippen molar-refractivity contribution < 1.29 is 14.3 Å². The first-order valence-electron chi connectivity index (χ1n) is 3.05. The van der Waals surface area contributed by atoms with Gasteiger partial charge in [-0.15, -0.1) is 0 Å². The average Bonchev–Trinajstić information content (AvgIpc) is 2.33. The minimum Gasteiger partial charge on any atom is -0.378 e. The van der Waals surface area contributed by atoms with Crippen LogP contribution < -0.4 is 0 Å². The van der Waals surface area contributed by atoms with Crippen molar-refractivity contribution in [3.05, 3.63) is 0 Å². The SMILES string of the molecule is CO[C@H]1COC[C@H]1C(=O)Cl. The Morgan fingerprint density at radius 2 is 2.40 bits per heavy atom. The lowest BCUT2D eigenvalue weighted by Gasteiger charge is -2.10. The highest BCUT2D eigenvalue weighted by molar-refractivity contribution is 6.64. The second-order valence-corrected chi connectivity index (χ2v) is 2.59. The van der Waals surface area contributed by atoms with Gasteiger partial charge in [-0.3, -0.25) is 4.79 Å². The van der Waals surface area contributed by atoms with E-state index in [0.29, 0.717) is 13.2 Å². The second-order valence-electron chi connectivity index (χ2n) is 2.22. The van der Waals surface area contributed by atoms with E-state index in [1.165, 1.54) is 0 Å². The fourth-order valence-electron chi connectivity index (χ4n) is 0.979. The molecule has 1 fully saturated rings. The molecule has 0 N–H and O–H groups in total.